The number of hydrogen-bond acceptors (Lipinski definition) is 9. The maximum atomic E-state index is 11.3. The van der Waals surface area contributed by atoms with Crippen LogP contribution in [0.15, 0.2) is 79.8 Å². The number of phenols is 1. The highest BCUT2D eigenvalue weighted by Crippen LogP contribution is 2.39. The Morgan fingerprint density at radius 1 is 1.03 bits per heavy atom. The summed E-state index contributed by atoms with van der Waals surface area (Å²) in [4.78, 5) is 11.3. The van der Waals surface area contributed by atoms with E-state index in [1.54, 1.807) is 28.8 Å². The summed E-state index contributed by atoms with van der Waals surface area (Å²) >= 11 is 4.62. The molecule has 0 saturated carbocycles. The highest BCUT2D eigenvalue weighted by molar-refractivity contribution is 9.10. The molecule has 32 heavy (non-hydrogen) atoms. The van der Waals surface area contributed by atoms with Crippen LogP contribution in [0.2, 0.25) is 0 Å². The second-order valence-electron chi connectivity index (χ2n) is 6.54. The fourth-order valence-electron chi connectivity index (χ4n) is 3.17. The predicted octanol–water partition coefficient (Wildman–Crippen LogP) is 5.00. The van der Waals surface area contributed by atoms with Gasteiger partial charge in [0.2, 0.25) is 10.7 Å². The minimum Gasteiger partial charge on any atom is -0.507 e. The van der Waals surface area contributed by atoms with E-state index in [4.69, 9.17) is 4.63 Å². The van der Waals surface area contributed by atoms with E-state index in [9.17, 15) is 15.2 Å². The third kappa shape index (κ3) is 3.48. The lowest BCUT2D eigenvalue weighted by atomic mass is 10.2. The van der Waals surface area contributed by atoms with Crippen LogP contribution in [0, 0.1) is 10.1 Å². The first-order chi connectivity index (χ1) is 15.5. The van der Waals surface area contributed by atoms with Crippen molar-refractivity contribution in [3.8, 4) is 22.8 Å². The van der Waals surface area contributed by atoms with Crippen molar-refractivity contribution in [1.29, 1.82) is 0 Å². The topological polar surface area (TPSA) is 133 Å². The van der Waals surface area contributed by atoms with E-state index in [1.165, 1.54) is 17.8 Å². The maximum absolute atomic E-state index is 11.3. The van der Waals surface area contributed by atoms with Gasteiger partial charge in [0.15, 0.2) is 11.3 Å². The lowest BCUT2D eigenvalue weighted by molar-refractivity contribution is -0.383. The minimum absolute atomic E-state index is 0.0489. The van der Waals surface area contributed by atoms with Crippen molar-refractivity contribution >= 4 is 44.4 Å². The van der Waals surface area contributed by atoms with Crippen LogP contribution in [0.25, 0.3) is 28.1 Å². The fraction of sp³-hybridized carbons (Fsp3) is 0. The summed E-state index contributed by atoms with van der Waals surface area (Å²) in [5.74, 6) is 0.474. The van der Waals surface area contributed by atoms with Crippen molar-refractivity contribution in [2.75, 3.05) is 0 Å². The number of non-ortho nitro benzene ring substituents is 1. The smallest absolute Gasteiger partial charge is 0.300 e. The monoisotopic (exact) mass is 510 g/mol. The number of nitrogens with zero attached hydrogens (tertiary/aromatic N) is 6. The highest BCUT2D eigenvalue weighted by atomic mass is 79.9. The van der Waals surface area contributed by atoms with Gasteiger partial charge in [0.05, 0.1) is 10.5 Å². The van der Waals surface area contributed by atoms with Crippen LogP contribution < -0.4 is 0 Å². The third-order valence-electron chi connectivity index (χ3n) is 4.60. The predicted molar refractivity (Wildman–Crippen MR) is 119 cm³/mol. The molecule has 2 heterocycles. The van der Waals surface area contributed by atoms with Gasteiger partial charge in [0, 0.05) is 21.1 Å². The molecule has 1 N–H and O–H groups in total. The maximum Gasteiger partial charge on any atom is 0.300 e. The van der Waals surface area contributed by atoms with Crippen molar-refractivity contribution in [2.24, 2.45) is 0 Å². The lowest BCUT2D eigenvalue weighted by Gasteiger charge is -2.11. The number of nitro groups is 1. The molecular weight excluding hydrogens is 500 g/mol. The van der Waals surface area contributed by atoms with E-state index in [-0.39, 0.29) is 22.5 Å². The fourth-order valence-corrected chi connectivity index (χ4v) is 4.46. The Kier molecular flexibility index (Phi) is 5.07. The van der Waals surface area contributed by atoms with Gasteiger partial charge in [-0.3, -0.25) is 14.7 Å². The number of benzene rings is 3. The minimum atomic E-state index is -0.540. The van der Waals surface area contributed by atoms with E-state index in [2.05, 4.69) is 36.4 Å². The molecule has 2 aromatic heterocycles. The van der Waals surface area contributed by atoms with Crippen LogP contribution in [0.4, 0.5) is 5.69 Å². The average Bonchev–Trinajstić information content (AvgIpc) is 3.44. The van der Waals surface area contributed by atoms with Crippen molar-refractivity contribution in [3.63, 3.8) is 0 Å². The Balaban J connectivity index is 1.68. The Bertz CT molecular complexity index is 1470. The van der Waals surface area contributed by atoms with Gasteiger partial charge in [-0.1, -0.05) is 34.1 Å². The molecule has 0 fully saturated rings. The molecule has 0 atom stereocenters. The number of aromatic hydroxyl groups is 1. The summed E-state index contributed by atoms with van der Waals surface area (Å²) in [7, 11) is 0. The van der Waals surface area contributed by atoms with E-state index < -0.39 is 4.92 Å². The van der Waals surface area contributed by atoms with Crippen molar-refractivity contribution in [1.82, 2.24) is 25.1 Å². The Morgan fingerprint density at radius 2 is 1.81 bits per heavy atom. The molecule has 0 unspecified atom stereocenters. The van der Waals surface area contributed by atoms with Gasteiger partial charge in [-0.15, -0.1) is 10.2 Å². The van der Waals surface area contributed by atoms with E-state index in [1.807, 2.05) is 30.3 Å². The lowest BCUT2D eigenvalue weighted by Crippen LogP contribution is -2.00. The quantitative estimate of drug-likeness (QED) is 0.256. The Hall–Kier alpha value is -3.77. The van der Waals surface area contributed by atoms with Gasteiger partial charge in [-0.25, -0.2) is 4.63 Å². The molecule has 0 spiro atoms. The van der Waals surface area contributed by atoms with Crippen LogP contribution in [0.5, 0.6) is 5.75 Å². The first-order valence-electron chi connectivity index (χ1n) is 9.10. The first kappa shape index (κ1) is 20.2. The summed E-state index contributed by atoms with van der Waals surface area (Å²) in [6, 6.07) is 17.4. The molecule has 0 aliphatic rings. The Labute approximate surface area is 192 Å². The number of fused-ring (bicyclic) bond motifs is 1. The SMILES string of the molecule is O=[N+]([O-])c1ccc(Sc2nnc(-c3cc(Br)ccc3O)n2-c2ccccc2)c2nonc12. The summed E-state index contributed by atoms with van der Waals surface area (Å²) in [5.41, 5.74) is 1.36. The summed E-state index contributed by atoms with van der Waals surface area (Å²) in [6.45, 7) is 0. The van der Waals surface area contributed by atoms with E-state index >= 15 is 0 Å². The van der Waals surface area contributed by atoms with Crippen LogP contribution in [-0.2, 0) is 0 Å². The number of rotatable bonds is 5. The molecule has 0 radical (unpaired) electrons. The molecule has 158 valence electrons. The summed E-state index contributed by atoms with van der Waals surface area (Å²) in [6.07, 6.45) is 0. The molecule has 0 amide bonds. The molecule has 3 aromatic carbocycles. The summed E-state index contributed by atoms with van der Waals surface area (Å²) in [5, 5.41) is 38.3. The third-order valence-corrected chi connectivity index (χ3v) is 6.09. The van der Waals surface area contributed by atoms with Crippen LogP contribution in [0.3, 0.4) is 0 Å². The molecule has 5 rings (SSSR count). The number of para-hydroxylation sites is 1. The van der Waals surface area contributed by atoms with Crippen LogP contribution >= 0.6 is 27.7 Å². The van der Waals surface area contributed by atoms with E-state index in [0.717, 1.165) is 10.2 Å². The number of phenolic OH excluding ortho intramolecular Hbond substituents is 1. The molecule has 10 nitrogen and oxygen atoms in total. The van der Waals surface area contributed by atoms with Gasteiger partial charge in [0.1, 0.15) is 5.75 Å². The zero-order valence-electron chi connectivity index (χ0n) is 15.9. The first-order valence-corrected chi connectivity index (χ1v) is 10.7. The Morgan fingerprint density at radius 3 is 2.59 bits per heavy atom. The average molecular weight is 511 g/mol. The molecular formula is C20H11BrN6O4S. The van der Waals surface area contributed by atoms with Gasteiger partial charge in [-0.2, -0.15) is 0 Å². The summed E-state index contributed by atoms with van der Waals surface area (Å²) < 4.78 is 7.31. The molecule has 12 heteroatoms. The van der Waals surface area contributed by atoms with Gasteiger partial charge >= 0.3 is 5.69 Å². The molecule has 0 bridgehead atoms. The molecule has 5 aromatic rings. The number of aromatic nitrogens is 5. The second kappa shape index (κ2) is 8.05. The van der Waals surface area contributed by atoms with Crippen molar-refractivity contribution < 1.29 is 14.7 Å². The van der Waals surface area contributed by atoms with Crippen molar-refractivity contribution in [2.45, 2.75) is 10.1 Å². The second-order valence-corrected chi connectivity index (χ2v) is 8.47. The van der Waals surface area contributed by atoms with Gasteiger partial charge in [0.25, 0.3) is 0 Å². The van der Waals surface area contributed by atoms with E-state index in [0.29, 0.717) is 21.4 Å². The van der Waals surface area contributed by atoms with Crippen molar-refractivity contribution in [3.05, 3.63) is 75.3 Å². The van der Waals surface area contributed by atoms with Gasteiger partial charge < -0.3 is 5.11 Å². The standard InChI is InChI=1S/C20H11BrN6O4S/c21-11-6-8-15(28)13(10-11)19-22-23-20(26(19)12-4-2-1-3-5-12)32-16-9-7-14(27(29)30)17-18(16)25-31-24-17/h1-10,28H. The molecule has 0 saturated heterocycles. The van der Waals surface area contributed by atoms with Crippen LogP contribution in [0.1, 0.15) is 0 Å². The zero-order chi connectivity index (χ0) is 22.2. The number of hydrogen-bond donors (Lipinski definition) is 1. The molecule has 0 aliphatic heterocycles. The van der Waals surface area contributed by atoms with Gasteiger partial charge in [-0.05, 0) is 58.5 Å². The number of nitro benzene ring substituents is 1. The number of halogens is 1. The highest BCUT2D eigenvalue weighted by Gasteiger charge is 2.24. The normalized spacial score (nSPS) is 11.2. The molecule has 0 aliphatic carbocycles. The zero-order valence-corrected chi connectivity index (χ0v) is 18.3. The largest absolute Gasteiger partial charge is 0.507 e. The van der Waals surface area contributed by atoms with Crippen LogP contribution in [-0.4, -0.2) is 35.1 Å².